The molecule has 1 unspecified atom stereocenters. The summed E-state index contributed by atoms with van der Waals surface area (Å²) in [6.07, 6.45) is 8.84. The number of carbonyl (C=O) groups is 5. The third-order valence-electron chi connectivity index (χ3n) is 13.4. The zero-order chi connectivity index (χ0) is 40.5. The maximum Gasteiger partial charge on any atom is 0.306 e. The Kier molecular flexibility index (Phi) is 11.3. The Morgan fingerprint density at radius 3 is 2.49 bits per heavy atom. The molecule has 7 rings (SSSR count). The molecule has 2 aromatic carbocycles. The molecular weight excluding hydrogens is 730 g/mol. The number of esters is 2. The molecule has 3 fully saturated rings. The minimum absolute atomic E-state index is 0.0869. The highest BCUT2D eigenvalue weighted by atomic mass is 19.1. The number of fused-ring (bicyclic) bond motifs is 6. The number of halogens is 1. The molecule has 300 valence electrons. The lowest BCUT2D eigenvalue weighted by Gasteiger charge is -2.62. The van der Waals surface area contributed by atoms with E-state index < -0.39 is 58.9 Å². The Labute approximate surface area is 331 Å². The quantitative estimate of drug-likeness (QED) is 0.178. The third kappa shape index (κ3) is 7.57. The van der Waals surface area contributed by atoms with Gasteiger partial charge in [0.2, 0.25) is 5.91 Å². The third-order valence-corrected chi connectivity index (χ3v) is 13.4. The van der Waals surface area contributed by atoms with Gasteiger partial charge in [-0.2, -0.15) is 0 Å². The first-order valence-corrected chi connectivity index (χ1v) is 19.9. The van der Waals surface area contributed by atoms with Gasteiger partial charge in [-0.15, -0.1) is 0 Å². The van der Waals surface area contributed by atoms with Crippen LogP contribution in [-0.4, -0.2) is 71.0 Å². The van der Waals surface area contributed by atoms with Crippen LogP contribution in [0, 0.1) is 28.6 Å². The molecule has 57 heavy (non-hydrogen) atoms. The highest BCUT2D eigenvalue weighted by Crippen LogP contribution is 2.69. The first kappa shape index (κ1) is 40.1. The number of amides is 1. The van der Waals surface area contributed by atoms with Gasteiger partial charge in [0.1, 0.15) is 6.61 Å². The van der Waals surface area contributed by atoms with E-state index in [0.717, 1.165) is 21.9 Å². The van der Waals surface area contributed by atoms with Crippen LogP contribution in [0.3, 0.4) is 0 Å². The van der Waals surface area contributed by atoms with Crippen LogP contribution < -0.4 is 11.1 Å². The first-order valence-electron chi connectivity index (χ1n) is 19.9. The van der Waals surface area contributed by atoms with E-state index in [-0.39, 0.29) is 55.8 Å². The van der Waals surface area contributed by atoms with Crippen LogP contribution in [0.4, 0.5) is 10.1 Å². The van der Waals surface area contributed by atoms with Crippen molar-refractivity contribution in [1.29, 1.82) is 0 Å². The number of pyridine rings is 1. The molecule has 1 heterocycles. The number of alkyl halides is 1. The normalized spacial score (nSPS) is 29.4. The van der Waals surface area contributed by atoms with Crippen LogP contribution >= 0.6 is 0 Å². The van der Waals surface area contributed by atoms with Crippen LogP contribution in [0.2, 0.25) is 0 Å². The van der Waals surface area contributed by atoms with E-state index in [1.54, 1.807) is 25.4 Å². The molecular formula is C45H50FN3O8. The van der Waals surface area contributed by atoms with E-state index >= 15 is 4.39 Å². The number of Topliss-reactive ketones (excluding diaryl/α,β-unsaturated/α-hetero) is 1. The standard InChI is InChI=1S/C45H50FN3O8/c1-43-23-39(52)45(46)36(10-8-31-22-33(50)15-18-44(31,45)2)35(43)11-12-37(43)38(51)26-57-41(54)14-13-40(53)56-20-17-27-3-5-28(6-4-27)34(24-47)42(55)49-32-9-7-30-25-48-19-16-29(30)21-32/h3-7,9,15-16,18-19,21-22,25,34-37,39,52H,8,10-14,17,20,23-24,26,47H2,1-2H3,(H,49,55)/t34?,35-,36-,37+,39-,43-,44-,45-/m0/s1. The summed E-state index contributed by atoms with van der Waals surface area (Å²) in [5, 5.41) is 16.3. The van der Waals surface area contributed by atoms with Crippen molar-refractivity contribution in [3.05, 3.63) is 95.9 Å². The summed E-state index contributed by atoms with van der Waals surface area (Å²) in [5.74, 6) is -3.65. The summed E-state index contributed by atoms with van der Waals surface area (Å²) in [4.78, 5) is 67.8. The first-order chi connectivity index (χ1) is 27.3. The lowest BCUT2D eigenvalue weighted by Crippen LogP contribution is -2.66. The number of allylic oxidation sites excluding steroid dienone is 4. The highest BCUT2D eigenvalue weighted by molar-refractivity contribution is 6.01. The molecule has 4 aliphatic rings. The molecule has 0 radical (unpaired) electrons. The second-order valence-electron chi connectivity index (χ2n) is 16.5. The summed E-state index contributed by atoms with van der Waals surface area (Å²) in [6, 6.07) is 14.8. The topological polar surface area (TPSA) is 175 Å². The van der Waals surface area contributed by atoms with Gasteiger partial charge in [0.25, 0.3) is 0 Å². The van der Waals surface area contributed by atoms with Crippen molar-refractivity contribution in [2.75, 3.05) is 25.1 Å². The summed E-state index contributed by atoms with van der Waals surface area (Å²) in [5.41, 5.74) is 5.27. The second kappa shape index (κ2) is 16.1. The molecule has 4 aliphatic carbocycles. The van der Waals surface area contributed by atoms with Gasteiger partial charge in [-0.1, -0.05) is 48.9 Å². The molecule has 0 saturated heterocycles. The molecule has 1 aromatic heterocycles. The Hall–Kier alpha value is -5.07. The van der Waals surface area contributed by atoms with Crippen molar-refractivity contribution in [3.63, 3.8) is 0 Å². The maximum atomic E-state index is 17.3. The van der Waals surface area contributed by atoms with Gasteiger partial charge in [-0.3, -0.25) is 29.0 Å². The van der Waals surface area contributed by atoms with Crippen LogP contribution in [0.25, 0.3) is 10.8 Å². The van der Waals surface area contributed by atoms with E-state index in [1.165, 1.54) is 12.2 Å². The zero-order valence-corrected chi connectivity index (χ0v) is 32.4. The van der Waals surface area contributed by atoms with Crippen molar-refractivity contribution in [2.24, 2.45) is 34.3 Å². The van der Waals surface area contributed by atoms with E-state index in [1.807, 2.05) is 55.5 Å². The van der Waals surface area contributed by atoms with Crippen LogP contribution in [0.5, 0.6) is 0 Å². The molecule has 4 N–H and O–H groups in total. The summed E-state index contributed by atoms with van der Waals surface area (Å²) in [6.45, 7) is 3.45. The van der Waals surface area contributed by atoms with Gasteiger partial charge in [0, 0.05) is 53.7 Å². The molecule has 1 amide bonds. The number of nitrogens with zero attached hydrogens (tertiary/aromatic N) is 1. The van der Waals surface area contributed by atoms with E-state index in [2.05, 4.69) is 10.3 Å². The molecule has 8 atom stereocenters. The number of rotatable bonds is 13. The minimum Gasteiger partial charge on any atom is -0.465 e. The van der Waals surface area contributed by atoms with Gasteiger partial charge in [-0.25, -0.2) is 4.39 Å². The average Bonchev–Trinajstić information content (AvgIpc) is 3.54. The fraction of sp³-hybridized carbons (Fsp3) is 0.467. The van der Waals surface area contributed by atoms with Crippen LogP contribution in [-0.2, 0) is 39.9 Å². The van der Waals surface area contributed by atoms with Crippen molar-refractivity contribution >= 4 is 45.9 Å². The van der Waals surface area contributed by atoms with Gasteiger partial charge < -0.3 is 25.6 Å². The van der Waals surface area contributed by atoms with Crippen molar-refractivity contribution in [3.8, 4) is 0 Å². The number of ketones is 2. The fourth-order valence-corrected chi connectivity index (χ4v) is 10.3. The number of benzene rings is 2. The van der Waals surface area contributed by atoms with Crippen LogP contribution in [0.1, 0.15) is 75.8 Å². The average molecular weight is 780 g/mol. The number of anilines is 1. The Morgan fingerprint density at radius 2 is 1.74 bits per heavy atom. The number of nitrogens with two attached hydrogens (primary N) is 1. The highest BCUT2D eigenvalue weighted by Gasteiger charge is 2.70. The van der Waals surface area contributed by atoms with Crippen molar-refractivity contribution in [1.82, 2.24) is 4.98 Å². The largest absolute Gasteiger partial charge is 0.465 e. The van der Waals surface area contributed by atoms with Gasteiger partial charge in [0.15, 0.2) is 17.2 Å². The number of aromatic nitrogens is 1. The number of carbonyl (C=O) groups excluding carboxylic acids is 5. The zero-order valence-electron chi connectivity index (χ0n) is 32.4. The molecule has 12 heteroatoms. The lowest BCUT2D eigenvalue weighted by atomic mass is 9.45. The number of hydrogen-bond donors (Lipinski definition) is 3. The molecule has 0 bridgehead atoms. The lowest BCUT2D eigenvalue weighted by molar-refractivity contribution is -0.196. The molecule has 3 saturated carbocycles. The Bertz CT molecular complexity index is 2140. The van der Waals surface area contributed by atoms with Crippen LogP contribution in [0.15, 0.2) is 84.7 Å². The Morgan fingerprint density at radius 1 is 0.982 bits per heavy atom. The Balaban J connectivity index is 0.837. The predicted molar refractivity (Wildman–Crippen MR) is 210 cm³/mol. The number of nitrogens with one attached hydrogen (secondary N) is 1. The molecule has 11 nitrogen and oxygen atoms in total. The van der Waals surface area contributed by atoms with E-state index in [9.17, 15) is 29.1 Å². The number of aliphatic hydroxyl groups excluding tert-OH is 1. The maximum absolute atomic E-state index is 17.3. The number of aliphatic hydroxyl groups is 1. The SMILES string of the molecule is C[C@]12C[C@H](O)[C@@]3(F)[C@@H](CCC4=CC(=O)C=C[C@@]43C)[C@@H]1CC[C@@H]2C(=O)COC(=O)CCC(=O)OCCc1ccc(C(CN)C(=O)Nc2ccc3cnccc3c2)cc1. The van der Waals surface area contributed by atoms with Gasteiger partial charge in [0.05, 0.1) is 31.5 Å². The van der Waals surface area contributed by atoms with E-state index in [0.29, 0.717) is 43.4 Å². The minimum atomic E-state index is -1.96. The summed E-state index contributed by atoms with van der Waals surface area (Å²) in [7, 11) is 0. The summed E-state index contributed by atoms with van der Waals surface area (Å²) >= 11 is 0. The monoisotopic (exact) mass is 779 g/mol. The molecule has 0 spiro atoms. The van der Waals surface area contributed by atoms with Crippen molar-refractivity contribution in [2.45, 2.75) is 82.9 Å². The van der Waals surface area contributed by atoms with Gasteiger partial charge in [-0.05, 0) is 97.2 Å². The predicted octanol–water partition coefficient (Wildman–Crippen LogP) is 5.88. The van der Waals surface area contributed by atoms with Gasteiger partial charge >= 0.3 is 11.9 Å². The smallest absolute Gasteiger partial charge is 0.306 e. The van der Waals surface area contributed by atoms with Crippen molar-refractivity contribution < 1.29 is 42.9 Å². The van der Waals surface area contributed by atoms with E-state index in [4.69, 9.17) is 15.2 Å². The molecule has 3 aromatic rings. The molecule has 0 aliphatic heterocycles. The summed E-state index contributed by atoms with van der Waals surface area (Å²) < 4.78 is 27.9. The fourth-order valence-electron chi connectivity index (χ4n) is 10.3. The second-order valence-corrected chi connectivity index (χ2v) is 16.5. The number of hydrogen-bond acceptors (Lipinski definition) is 10. The number of ether oxygens (including phenoxy) is 2.